The minimum atomic E-state index is -0.457. The molecular weight excluding hydrogens is 300 g/mol. The Morgan fingerprint density at radius 2 is 2.18 bits per heavy atom. The average molecular weight is 313 g/mol. The van der Waals surface area contributed by atoms with E-state index in [4.69, 9.17) is 0 Å². The number of aryl methyl sites for hydroxylation is 1. The van der Waals surface area contributed by atoms with Crippen LogP contribution in [-0.2, 0) is 7.05 Å². The average Bonchev–Trinajstić information content (AvgIpc) is 2.63. The summed E-state index contributed by atoms with van der Waals surface area (Å²) in [6, 6.07) is 5.96. The van der Waals surface area contributed by atoms with Gasteiger partial charge in [0.15, 0.2) is 0 Å². The molecule has 17 heavy (non-hydrogen) atoms. The molecule has 2 aromatic rings. The molecule has 0 saturated carbocycles. The van der Waals surface area contributed by atoms with Gasteiger partial charge >= 0.3 is 0 Å². The van der Waals surface area contributed by atoms with Gasteiger partial charge in [-0.2, -0.15) is 5.10 Å². The zero-order valence-corrected chi connectivity index (χ0v) is 12.0. The van der Waals surface area contributed by atoms with Crippen LogP contribution in [0.1, 0.15) is 18.6 Å². The van der Waals surface area contributed by atoms with Crippen molar-refractivity contribution in [3.8, 4) is 0 Å². The van der Waals surface area contributed by atoms with E-state index < -0.39 is 6.10 Å². The Hall–Kier alpha value is -0.780. The second kappa shape index (κ2) is 5.25. The van der Waals surface area contributed by atoms with Crippen molar-refractivity contribution in [3.05, 3.63) is 40.6 Å². The van der Waals surface area contributed by atoms with Crippen LogP contribution in [0.2, 0.25) is 0 Å². The van der Waals surface area contributed by atoms with Crippen LogP contribution in [0.3, 0.4) is 0 Å². The molecular formula is C12H13BrN2OS. The number of hydrogen-bond acceptors (Lipinski definition) is 3. The fraction of sp³-hybridized carbons (Fsp3) is 0.250. The Labute approximate surface area is 113 Å². The van der Waals surface area contributed by atoms with Crippen LogP contribution in [0.15, 0.2) is 44.9 Å². The second-order valence-electron chi connectivity index (χ2n) is 3.81. The molecule has 5 heteroatoms. The molecule has 0 aliphatic rings. The van der Waals surface area contributed by atoms with E-state index in [0.717, 1.165) is 19.8 Å². The molecule has 1 atom stereocenters. The summed E-state index contributed by atoms with van der Waals surface area (Å²) in [5, 5.41) is 13.7. The molecule has 2 rings (SSSR count). The van der Waals surface area contributed by atoms with Gasteiger partial charge in [-0.1, -0.05) is 33.8 Å². The molecule has 90 valence electrons. The van der Waals surface area contributed by atoms with E-state index in [1.54, 1.807) is 23.4 Å². The highest BCUT2D eigenvalue weighted by Gasteiger charge is 2.07. The van der Waals surface area contributed by atoms with Crippen LogP contribution >= 0.6 is 27.7 Å². The molecule has 0 spiro atoms. The largest absolute Gasteiger partial charge is 0.389 e. The van der Waals surface area contributed by atoms with E-state index >= 15 is 0 Å². The van der Waals surface area contributed by atoms with Crippen molar-refractivity contribution in [3.63, 3.8) is 0 Å². The van der Waals surface area contributed by atoms with Crippen LogP contribution < -0.4 is 0 Å². The SMILES string of the molecule is CC(O)c1ccc(Sc2cnn(C)c2)cc1Br. The molecule has 0 aliphatic heterocycles. The predicted octanol–water partition coefficient (Wildman–Crippen LogP) is 3.39. The number of halogens is 1. The Bertz CT molecular complexity index is 525. The van der Waals surface area contributed by atoms with Gasteiger partial charge in [0.25, 0.3) is 0 Å². The van der Waals surface area contributed by atoms with Gasteiger partial charge in [0.1, 0.15) is 0 Å². The van der Waals surface area contributed by atoms with E-state index in [1.165, 1.54) is 0 Å². The highest BCUT2D eigenvalue weighted by Crippen LogP contribution is 2.32. The number of benzene rings is 1. The lowest BCUT2D eigenvalue weighted by atomic mass is 10.1. The number of aliphatic hydroxyl groups is 1. The number of aromatic nitrogens is 2. The fourth-order valence-electron chi connectivity index (χ4n) is 1.50. The van der Waals surface area contributed by atoms with Gasteiger partial charge in [0.05, 0.1) is 17.2 Å². The van der Waals surface area contributed by atoms with E-state index in [0.29, 0.717) is 0 Å². The molecule has 1 heterocycles. The maximum absolute atomic E-state index is 9.54. The smallest absolute Gasteiger partial charge is 0.0772 e. The summed E-state index contributed by atoms with van der Waals surface area (Å²) in [5.74, 6) is 0. The standard InChI is InChI=1S/C12H13BrN2OS/c1-8(16)11-4-3-9(5-12(11)13)17-10-6-14-15(2)7-10/h3-8,16H,1-2H3. The first-order chi connectivity index (χ1) is 8.06. The minimum absolute atomic E-state index is 0.457. The first-order valence-corrected chi connectivity index (χ1v) is 6.81. The molecule has 0 radical (unpaired) electrons. The molecule has 0 saturated heterocycles. The van der Waals surface area contributed by atoms with Crippen molar-refractivity contribution in [2.45, 2.75) is 22.8 Å². The van der Waals surface area contributed by atoms with Gasteiger partial charge in [-0.05, 0) is 24.6 Å². The third kappa shape index (κ3) is 3.12. The van der Waals surface area contributed by atoms with E-state index in [1.807, 2.05) is 37.6 Å². The molecule has 0 amide bonds. The fourth-order valence-corrected chi connectivity index (χ4v) is 3.25. The van der Waals surface area contributed by atoms with Gasteiger partial charge in [0.2, 0.25) is 0 Å². The Kier molecular flexibility index (Phi) is 3.91. The maximum atomic E-state index is 9.54. The number of hydrogen-bond donors (Lipinski definition) is 1. The van der Waals surface area contributed by atoms with E-state index in [2.05, 4.69) is 21.0 Å². The molecule has 1 unspecified atom stereocenters. The van der Waals surface area contributed by atoms with Crippen LogP contribution in [0.5, 0.6) is 0 Å². The second-order valence-corrected chi connectivity index (χ2v) is 5.81. The summed E-state index contributed by atoms with van der Waals surface area (Å²) < 4.78 is 2.71. The van der Waals surface area contributed by atoms with Gasteiger partial charge in [-0.15, -0.1) is 0 Å². The monoisotopic (exact) mass is 312 g/mol. The molecule has 1 aromatic heterocycles. The van der Waals surface area contributed by atoms with E-state index in [-0.39, 0.29) is 0 Å². The third-order valence-corrected chi connectivity index (χ3v) is 3.96. The molecule has 0 aliphatic carbocycles. The third-order valence-electron chi connectivity index (χ3n) is 2.34. The molecule has 0 fully saturated rings. The predicted molar refractivity (Wildman–Crippen MR) is 72.1 cm³/mol. The lowest BCUT2D eigenvalue weighted by molar-refractivity contribution is 0.198. The summed E-state index contributed by atoms with van der Waals surface area (Å²) in [5.41, 5.74) is 0.903. The van der Waals surface area contributed by atoms with Crippen LogP contribution in [0.4, 0.5) is 0 Å². The molecule has 1 N–H and O–H groups in total. The van der Waals surface area contributed by atoms with Crippen LogP contribution in [0.25, 0.3) is 0 Å². The molecule has 3 nitrogen and oxygen atoms in total. The van der Waals surface area contributed by atoms with E-state index in [9.17, 15) is 5.11 Å². The summed E-state index contributed by atoms with van der Waals surface area (Å²) in [6.07, 6.45) is 3.35. The summed E-state index contributed by atoms with van der Waals surface area (Å²) in [4.78, 5) is 2.22. The van der Waals surface area contributed by atoms with Gasteiger partial charge in [-0.3, -0.25) is 4.68 Å². The quantitative estimate of drug-likeness (QED) is 0.944. The van der Waals surface area contributed by atoms with Gasteiger partial charge < -0.3 is 5.11 Å². The highest BCUT2D eigenvalue weighted by molar-refractivity contribution is 9.10. The van der Waals surface area contributed by atoms with Crippen molar-refractivity contribution < 1.29 is 5.11 Å². The number of aliphatic hydroxyl groups excluding tert-OH is 1. The maximum Gasteiger partial charge on any atom is 0.0772 e. The van der Waals surface area contributed by atoms with Gasteiger partial charge in [-0.25, -0.2) is 0 Å². The molecule has 1 aromatic carbocycles. The first kappa shape index (κ1) is 12.7. The summed E-state index contributed by atoms with van der Waals surface area (Å²) in [6.45, 7) is 1.76. The first-order valence-electron chi connectivity index (χ1n) is 5.20. The normalized spacial score (nSPS) is 12.7. The number of rotatable bonds is 3. The summed E-state index contributed by atoms with van der Waals surface area (Å²) >= 11 is 5.12. The Morgan fingerprint density at radius 1 is 1.41 bits per heavy atom. The van der Waals surface area contributed by atoms with Crippen LogP contribution in [0, 0.1) is 0 Å². The van der Waals surface area contributed by atoms with Crippen molar-refractivity contribution in [2.24, 2.45) is 7.05 Å². The lowest BCUT2D eigenvalue weighted by Gasteiger charge is -2.08. The lowest BCUT2D eigenvalue weighted by Crippen LogP contribution is -1.92. The van der Waals surface area contributed by atoms with Crippen molar-refractivity contribution in [1.29, 1.82) is 0 Å². The highest BCUT2D eigenvalue weighted by atomic mass is 79.9. The zero-order valence-electron chi connectivity index (χ0n) is 9.59. The Morgan fingerprint density at radius 3 is 2.71 bits per heavy atom. The van der Waals surface area contributed by atoms with Crippen LogP contribution in [-0.4, -0.2) is 14.9 Å². The number of nitrogens with zero attached hydrogens (tertiary/aromatic N) is 2. The summed E-state index contributed by atoms with van der Waals surface area (Å²) in [7, 11) is 1.90. The zero-order chi connectivity index (χ0) is 12.4. The van der Waals surface area contributed by atoms with Crippen molar-refractivity contribution in [2.75, 3.05) is 0 Å². The Balaban J connectivity index is 2.20. The topological polar surface area (TPSA) is 38.1 Å². The molecule has 0 bridgehead atoms. The van der Waals surface area contributed by atoms with Crippen molar-refractivity contribution >= 4 is 27.7 Å². The van der Waals surface area contributed by atoms with Crippen molar-refractivity contribution in [1.82, 2.24) is 9.78 Å². The minimum Gasteiger partial charge on any atom is -0.389 e. The van der Waals surface area contributed by atoms with Gasteiger partial charge in [0, 0.05) is 22.6 Å².